The maximum absolute atomic E-state index is 13.9. The summed E-state index contributed by atoms with van der Waals surface area (Å²) in [4.78, 5) is 22.6. The van der Waals surface area contributed by atoms with Gasteiger partial charge >= 0.3 is 24.0 Å². The van der Waals surface area contributed by atoms with E-state index >= 15 is 0 Å². The van der Waals surface area contributed by atoms with Crippen LogP contribution < -0.4 is 0 Å². The summed E-state index contributed by atoms with van der Waals surface area (Å²) in [5.74, 6) is -7.67. The molecular formula is C14H18F6O4. The van der Waals surface area contributed by atoms with Crippen LogP contribution in [0.15, 0.2) is 12.2 Å². The molecule has 0 heterocycles. The smallest absolute Gasteiger partial charge is 0.422 e. The maximum atomic E-state index is 13.9. The Hall–Kier alpha value is -1.74. The molecule has 0 bridgehead atoms. The third-order valence-corrected chi connectivity index (χ3v) is 3.04. The summed E-state index contributed by atoms with van der Waals surface area (Å²) in [6, 6.07) is 0. The molecule has 140 valence electrons. The predicted octanol–water partition coefficient (Wildman–Crippen LogP) is 3.74. The molecule has 0 aromatic carbocycles. The van der Waals surface area contributed by atoms with Gasteiger partial charge in [0.25, 0.3) is 0 Å². The second kappa shape index (κ2) is 7.89. The van der Waals surface area contributed by atoms with E-state index in [1.165, 1.54) is 13.8 Å². The number of carbonyl (C=O) groups excluding carboxylic acids is 2. The van der Waals surface area contributed by atoms with Gasteiger partial charge in [0.15, 0.2) is 6.10 Å². The van der Waals surface area contributed by atoms with Crippen molar-refractivity contribution in [1.29, 1.82) is 0 Å². The Morgan fingerprint density at radius 3 is 2.00 bits per heavy atom. The lowest BCUT2D eigenvalue weighted by molar-refractivity contribution is -0.230. The van der Waals surface area contributed by atoms with E-state index in [0.717, 1.165) is 0 Å². The molecule has 2 atom stereocenters. The molecule has 0 aliphatic heterocycles. The van der Waals surface area contributed by atoms with E-state index in [4.69, 9.17) is 0 Å². The van der Waals surface area contributed by atoms with Crippen molar-refractivity contribution in [2.75, 3.05) is 6.61 Å². The largest absolute Gasteiger partial charge is 0.461 e. The Kier molecular flexibility index (Phi) is 7.32. The van der Waals surface area contributed by atoms with Crippen molar-refractivity contribution in [2.45, 2.75) is 57.5 Å². The van der Waals surface area contributed by atoms with Crippen molar-refractivity contribution in [3.8, 4) is 0 Å². The lowest BCUT2D eigenvalue weighted by Gasteiger charge is -2.26. The molecule has 0 aliphatic carbocycles. The van der Waals surface area contributed by atoms with Crippen LogP contribution in [0.2, 0.25) is 0 Å². The highest BCUT2D eigenvalue weighted by Gasteiger charge is 2.53. The van der Waals surface area contributed by atoms with E-state index in [0.29, 0.717) is 0 Å². The third-order valence-electron chi connectivity index (χ3n) is 3.04. The topological polar surface area (TPSA) is 52.6 Å². The van der Waals surface area contributed by atoms with Gasteiger partial charge in [0.2, 0.25) is 5.67 Å². The molecule has 0 aromatic rings. The molecule has 0 radical (unpaired) electrons. The second-order valence-corrected chi connectivity index (χ2v) is 5.29. The van der Waals surface area contributed by atoms with Crippen LogP contribution >= 0.6 is 0 Å². The molecular weight excluding hydrogens is 346 g/mol. The number of alkyl halides is 6. The summed E-state index contributed by atoms with van der Waals surface area (Å²) in [7, 11) is 0. The molecule has 0 amide bonds. The van der Waals surface area contributed by atoms with Crippen molar-refractivity contribution in [3.05, 3.63) is 12.2 Å². The summed E-state index contributed by atoms with van der Waals surface area (Å²) in [5, 5.41) is 0. The van der Waals surface area contributed by atoms with E-state index in [1.807, 2.05) is 0 Å². The molecule has 24 heavy (non-hydrogen) atoms. The molecule has 4 nitrogen and oxygen atoms in total. The molecule has 2 unspecified atom stereocenters. The monoisotopic (exact) mass is 364 g/mol. The van der Waals surface area contributed by atoms with Crippen LogP contribution in [0.1, 0.15) is 33.6 Å². The van der Waals surface area contributed by atoms with E-state index in [1.54, 1.807) is 0 Å². The lowest BCUT2D eigenvalue weighted by Crippen LogP contribution is -2.46. The van der Waals surface area contributed by atoms with E-state index in [-0.39, 0.29) is 12.5 Å². The van der Waals surface area contributed by atoms with Crippen LogP contribution in [-0.2, 0) is 19.1 Å². The van der Waals surface area contributed by atoms with Gasteiger partial charge in [-0.3, -0.25) is 0 Å². The van der Waals surface area contributed by atoms with Crippen molar-refractivity contribution in [3.63, 3.8) is 0 Å². The molecule has 0 aliphatic rings. The predicted molar refractivity (Wildman–Crippen MR) is 71.1 cm³/mol. The molecule has 0 aromatic heterocycles. The Labute approximate surface area is 134 Å². The van der Waals surface area contributed by atoms with Gasteiger partial charge in [-0.2, -0.15) is 22.0 Å². The van der Waals surface area contributed by atoms with Gasteiger partial charge in [-0.1, -0.05) is 13.5 Å². The number of esters is 2. The first-order valence-electron chi connectivity index (χ1n) is 6.84. The first-order valence-corrected chi connectivity index (χ1v) is 6.84. The van der Waals surface area contributed by atoms with Crippen LogP contribution in [0.25, 0.3) is 0 Å². The second-order valence-electron chi connectivity index (χ2n) is 5.29. The lowest BCUT2D eigenvalue weighted by atomic mass is 10.1. The zero-order chi connectivity index (χ0) is 19.3. The van der Waals surface area contributed by atoms with Gasteiger partial charge < -0.3 is 9.47 Å². The van der Waals surface area contributed by atoms with Gasteiger partial charge in [0.1, 0.15) is 0 Å². The van der Waals surface area contributed by atoms with Crippen molar-refractivity contribution < 1.29 is 45.4 Å². The Morgan fingerprint density at radius 1 is 1.12 bits per heavy atom. The average Bonchev–Trinajstić information content (AvgIpc) is 2.42. The molecule has 0 spiro atoms. The van der Waals surface area contributed by atoms with Gasteiger partial charge in [0, 0.05) is 12.0 Å². The van der Waals surface area contributed by atoms with E-state index in [2.05, 4.69) is 16.1 Å². The number of hydrogen-bond donors (Lipinski definition) is 0. The summed E-state index contributed by atoms with van der Waals surface area (Å²) >= 11 is 0. The van der Waals surface area contributed by atoms with Gasteiger partial charge in [-0.05, 0) is 20.3 Å². The maximum Gasteiger partial charge on any atom is 0.422 e. The molecule has 0 saturated heterocycles. The summed E-state index contributed by atoms with van der Waals surface area (Å²) in [6.07, 6.45) is -9.23. The first kappa shape index (κ1) is 22.3. The van der Waals surface area contributed by atoms with Crippen LogP contribution in [0.4, 0.5) is 26.3 Å². The van der Waals surface area contributed by atoms with Crippen LogP contribution in [-0.4, -0.2) is 42.4 Å². The SMILES string of the molecule is C=C(C)C(=O)OC(CC)C(F)(F)C(=O)OCCC(C)(F)C(F)(F)F. The Balaban J connectivity index is 4.82. The van der Waals surface area contributed by atoms with E-state index in [9.17, 15) is 35.9 Å². The average molecular weight is 364 g/mol. The highest BCUT2D eigenvalue weighted by molar-refractivity contribution is 5.87. The summed E-state index contributed by atoms with van der Waals surface area (Å²) in [5.41, 5.74) is -3.88. The fraction of sp³-hybridized carbons (Fsp3) is 0.714. The zero-order valence-electron chi connectivity index (χ0n) is 13.3. The molecule has 0 fully saturated rings. The molecule has 0 saturated carbocycles. The van der Waals surface area contributed by atoms with Crippen molar-refractivity contribution in [1.82, 2.24) is 0 Å². The Bertz CT molecular complexity index is 484. The summed E-state index contributed by atoms with van der Waals surface area (Å²) < 4.78 is 86.2. The number of rotatable bonds is 8. The Morgan fingerprint density at radius 2 is 1.62 bits per heavy atom. The fourth-order valence-corrected chi connectivity index (χ4v) is 1.35. The normalized spacial score (nSPS) is 16.0. The minimum absolute atomic E-state index is 0.184. The van der Waals surface area contributed by atoms with Crippen LogP contribution in [0.3, 0.4) is 0 Å². The third kappa shape index (κ3) is 5.72. The summed E-state index contributed by atoms with van der Waals surface area (Å²) in [6.45, 7) is 4.56. The quantitative estimate of drug-likeness (QED) is 0.374. The van der Waals surface area contributed by atoms with E-state index < -0.39 is 55.3 Å². The van der Waals surface area contributed by atoms with Crippen LogP contribution in [0.5, 0.6) is 0 Å². The van der Waals surface area contributed by atoms with Crippen molar-refractivity contribution in [2.24, 2.45) is 0 Å². The zero-order valence-corrected chi connectivity index (χ0v) is 13.3. The van der Waals surface area contributed by atoms with Gasteiger partial charge in [0.05, 0.1) is 6.61 Å². The minimum atomic E-state index is -5.23. The molecule has 0 rings (SSSR count). The molecule has 0 N–H and O–H groups in total. The van der Waals surface area contributed by atoms with Crippen LogP contribution in [0, 0.1) is 0 Å². The highest BCUT2D eigenvalue weighted by atomic mass is 19.4. The number of halogens is 6. The number of hydrogen-bond acceptors (Lipinski definition) is 4. The number of carbonyl (C=O) groups is 2. The minimum Gasteiger partial charge on any atom is -0.461 e. The number of ether oxygens (including phenoxy) is 2. The standard InChI is InChI=1S/C14H18F6O4/c1-5-9(24-10(21)8(2)3)13(16,17)11(22)23-7-6-12(4,15)14(18,19)20/h9H,2,5-7H2,1,3-4H3. The first-order chi connectivity index (χ1) is 10.7. The highest BCUT2D eigenvalue weighted by Crippen LogP contribution is 2.36. The molecule has 10 heteroatoms. The fourth-order valence-electron chi connectivity index (χ4n) is 1.35. The van der Waals surface area contributed by atoms with Gasteiger partial charge in [-0.15, -0.1) is 0 Å². The van der Waals surface area contributed by atoms with Gasteiger partial charge in [-0.25, -0.2) is 14.0 Å². The van der Waals surface area contributed by atoms with Crippen molar-refractivity contribution >= 4 is 11.9 Å².